The number of rotatable bonds is 2. The molecule has 0 amide bonds. The first kappa shape index (κ1) is 22.7. The molecule has 33 heavy (non-hydrogen) atoms. The summed E-state index contributed by atoms with van der Waals surface area (Å²) in [5.41, 5.74) is -14.5. The molecule has 0 spiro atoms. The van der Waals surface area contributed by atoms with Crippen LogP contribution in [0.2, 0.25) is 0 Å². The smallest absolute Gasteiger partial charge is 0.224 e. The second-order valence-electron chi connectivity index (χ2n) is 6.83. The normalized spacial score (nSPS) is 17.7. The van der Waals surface area contributed by atoms with Gasteiger partial charge >= 0.3 is 0 Å². The molecule has 1 unspecified atom stereocenters. The van der Waals surface area contributed by atoms with Gasteiger partial charge in [0.25, 0.3) is 0 Å². The molecular weight excluding hydrogens is 480 g/mol. The first-order chi connectivity index (χ1) is 15.3. The zero-order chi connectivity index (χ0) is 24.6. The van der Waals surface area contributed by atoms with E-state index in [1.165, 1.54) is 0 Å². The van der Waals surface area contributed by atoms with E-state index in [1.807, 2.05) is 0 Å². The Balaban J connectivity index is 2.16. The summed E-state index contributed by atoms with van der Waals surface area (Å²) in [7, 11) is 0. The van der Waals surface area contributed by atoms with Crippen LogP contribution in [0.1, 0.15) is 16.7 Å². The van der Waals surface area contributed by atoms with Gasteiger partial charge in [-0.3, -0.25) is 0 Å². The molecule has 172 valence electrons. The Kier molecular flexibility index (Phi) is 5.02. The molecule has 1 aliphatic carbocycles. The van der Waals surface area contributed by atoms with Crippen molar-refractivity contribution in [3.8, 4) is 11.1 Å². The summed E-state index contributed by atoms with van der Waals surface area (Å²) in [6.07, 6.45) is 0. The molecular formula is C21H4F12. The van der Waals surface area contributed by atoms with Crippen LogP contribution in [-0.4, -0.2) is 0 Å². The number of halogens is 12. The molecule has 1 atom stereocenters. The number of allylic oxidation sites excluding steroid dienone is 1. The molecule has 0 bridgehead atoms. The van der Waals surface area contributed by atoms with E-state index in [9.17, 15) is 43.9 Å². The Labute approximate surface area is 175 Å². The third-order valence-corrected chi connectivity index (χ3v) is 5.05. The monoisotopic (exact) mass is 484 g/mol. The van der Waals surface area contributed by atoms with E-state index >= 15 is 8.78 Å². The lowest BCUT2D eigenvalue weighted by Gasteiger charge is -2.24. The minimum absolute atomic E-state index is 0.0919. The first-order valence-electron chi connectivity index (χ1n) is 8.58. The van der Waals surface area contributed by atoms with Gasteiger partial charge in [-0.15, -0.1) is 0 Å². The van der Waals surface area contributed by atoms with Gasteiger partial charge in [-0.1, -0.05) is 0 Å². The quantitative estimate of drug-likeness (QED) is 0.202. The maximum absolute atomic E-state index is 15.8. The summed E-state index contributed by atoms with van der Waals surface area (Å²) in [6, 6.07) is 1.11. The molecule has 4 rings (SSSR count). The SMILES string of the molecule is FC1=C(F)C(F)(c2c(F)c(F)cc(-c3cc(F)ccc3F)c2F)c2c(F)c(F)c(F)c(F)c21. The van der Waals surface area contributed by atoms with Crippen LogP contribution in [0.3, 0.4) is 0 Å². The summed E-state index contributed by atoms with van der Waals surface area (Å²) in [4.78, 5) is 0. The Morgan fingerprint density at radius 2 is 1.12 bits per heavy atom. The van der Waals surface area contributed by atoms with E-state index in [0.29, 0.717) is 12.1 Å². The summed E-state index contributed by atoms with van der Waals surface area (Å²) in [5.74, 6) is -26.5. The van der Waals surface area contributed by atoms with Gasteiger partial charge in [0.1, 0.15) is 17.5 Å². The van der Waals surface area contributed by atoms with Crippen LogP contribution in [0, 0.1) is 52.4 Å². The molecule has 3 aromatic rings. The molecule has 3 aromatic carbocycles. The minimum atomic E-state index is -4.90. The summed E-state index contributed by atoms with van der Waals surface area (Å²) in [6.45, 7) is 0. The van der Waals surface area contributed by atoms with Crippen LogP contribution in [0.25, 0.3) is 17.0 Å². The number of alkyl halides is 1. The van der Waals surface area contributed by atoms with Crippen LogP contribution >= 0.6 is 0 Å². The van der Waals surface area contributed by atoms with Crippen LogP contribution in [0.15, 0.2) is 30.1 Å². The molecule has 0 nitrogen and oxygen atoms in total. The molecule has 0 heterocycles. The van der Waals surface area contributed by atoms with Gasteiger partial charge in [-0.2, -0.15) is 0 Å². The maximum atomic E-state index is 15.8. The predicted molar refractivity (Wildman–Crippen MR) is 89.0 cm³/mol. The zero-order valence-corrected chi connectivity index (χ0v) is 15.3. The van der Waals surface area contributed by atoms with Gasteiger partial charge in [0.05, 0.1) is 16.7 Å². The van der Waals surface area contributed by atoms with Crippen LogP contribution in [0.5, 0.6) is 0 Å². The average molecular weight is 484 g/mol. The van der Waals surface area contributed by atoms with Gasteiger partial charge in [-0.25, -0.2) is 52.7 Å². The number of fused-ring (bicyclic) bond motifs is 1. The molecule has 0 saturated carbocycles. The van der Waals surface area contributed by atoms with Crippen molar-refractivity contribution in [3.05, 3.63) is 99.1 Å². The number of hydrogen-bond acceptors (Lipinski definition) is 0. The Morgan fingerprint density at radius 1 is 0.515 bits per heavy atom. The largest absolute Gasteiger partial charge is 0.225 e. The minimum Gasteiger partial charge on any atom is -0.225 e. The van der Waals surface area contributed by atoms with Crippen molar-refractivity contribution in [1.29, 1.82) is 0 Å². The second kappa shape index (κ2) is 7.29. The topological polar surface area (TPSA) is 0 Å². The molecule has 0 saturated heterocycles. The molecule has 12 heteroatoms. The highest BCUT2D eigenvalue weighted by Gasteiger charge is 2.57. The fraction of sp³-hybridized carbons (Fsp3) is 0.0476. The molecule has 0 aromatic heterocycles. The maximum Gasteiger partial charge on any atom is 0.224 e. The molecule has 1 aliphatic rings. The average Bonchev–Trinajstić information content (AvgIpc) is 2.97. The van der Waals surface area contributed by atoms with Gasteiger partial charge in [0.2, 0.25) is 5.67 Å². The van der Waals surface area contributed by atoms with Crippen molar-refractivity contribution < 1.29 is 52.7 Å². The molecule has 0 fully saturated rings. The third kappa shape index (κ3) is 2.89. The van der Waals surface area contributed by atoms with E-state index in [0.717, 1.165) is 0 Å². The van der Waals surface area contributed by atoms with E-state index in [1.54, 1.807) is 0 Å². The Bertz CT molecular complexity index is 1390. The molecule has 0 N–H and O–H groups in total. The van der Waals surface area contributed by atoms with Crippen molar-refractivity contribution in [1.82, 2.24) is 0 Å². The van der Waals surface area contributed by atoms with E-state index in [4.69, 9.17) is 0 Å². The highest BCUT2D eigenvalue weighted by atomic mass is 19.2. The lowest BCUT2D eigenvalue weighted by atomic mass is 9.85. The predicted octanol–water partition coefficient (Wildman–Crippen LogP) is 7.44. The Morgan fingerprint density at radius 3 is 1.76 bits per heavy atom. The standard InChI is InChI=1S/C21H4F12/c22-5-1-2-8(23)6(3-5)7-4-9(24)14(26)12(13(7)25)21(33)11-10(16(28)20(21)32)15(27)18(30)19(31)17(11)29/h1-4H. The highest BCUT2D eigenvalue weighted by molar-refractivity contribution is 5.78. The van der Waals surface area contributed by atoms with Crippen molar-refractivity contribution in [2.24, 2.45) is 0 Å². The van der Waals surface area contributed by atoms with E-state index in [2.05, 4.69) is 0 Å². The lowest BCUT2D eigenvalue weighted by Crippen LogP contribution is -2.27. The second-order valence-corrected chi connectivity index (χ2v) is 6.83. The Hall–Kier alpha value is -3.44. The van der Waals surface area contributed by atoms with Crippen molar-refractivity contribution >= 4 is 5.83 Å². The summed E-state index contributed by atoms with van der Waals surface area (Å²) in [5, 5.41) is 0. The van der Waals surface area contributed by atoms with Crippen LogP contribution < -0.4 is 0 Å². The van der Waals surface area contributed by atoms with Gasteiger partial charge in [-0.05, 0) is 24.3 Å². The van der Waals surface area contributed by atoms with Crippen LogP contribution in [-0.2, 0) is 5.67 Å². The van der Waals surface area contributed by atoms with Crippen molar-refractivity contribution in [3.63, 3.8) is 0 Å². The first-order valence-corrected chi connectivity index (χ1v) is 8.58. The molecule has 0 radical (unpaired) electrons. The molecule has 0 aliphatic heterocycles. The summed E-state index contributed by atoms with van der Waals surface area (Å²) < 4.78 is 172. The fourth-order valence-electron chi connectivity index (χ4n) is 3.57. The van der Waals surface area contributed by atoms with Gasteiger partial charge in [0, 0.05) is 11.1 Å². The van der Waals surface area contributed by atoms with Crippen molar-refractivity contribution in [2.75, 3.05) is 0 Å². The third-order valence-electron chi connectivity index (χ3n) is 5.05. The number of hydrogen-bond donors (Lipinski definition) is 0. The van der Waals surface area contributed by atoms with Crippen molar-refractivity contribution in [2.45, 2.75) is 5.67 Å². The number of benzene rings is 3. The lowest BCUT2D eigenvalue weighted by molar-refractivity contribution is 0.207. The van der Waals surface area contributed by atoms with E-state index in [-0.39, 0.29) is 12.1 Å². The fourth-order valence-corrected chi connectivity index (χ4v) is 3.57. The highest BCUT2D eigenvalue weighted by Crippen LogP contribution is 2.56. The van der Waals surface area contributed by atoms with E-state index < -0.39 is 97.5 Å². The van der Waals surface area contributed by atoms with Gasteiger partial charge < -0.3 is 0 Å². The van der Waals surface area contributed by atoms with Gasteiger partial charge in [0.15, 0.2) is 46.6 Å². The summed E-state index contributed by atoms with van der Waals surface area (Å²) >= 11 is 0. The zero-order valence-electron chi connectivity index (χ0n) is 15.3. The van der Waals surface area contributed by atoms with Crippen LogP contribution in [0.4, 0.5) is 52.7 Å².